The van der Waals surface area contributed by atoms with E-state index in [9.17, 15) is 9.59 Å². The molecule has 0 radical (unpaired) electrons. The standard InChI is InChI=1S/C16H20BrNO2/c1-5-18(6-2)16(20)14(11(3)4)15(19)12-9-7-8-10-13(12)17/h7-10H,5-6H2,1-4H3. The van der Waals surface area contributed by atoms with E-state index in [4.69, 9.17) is 0 Å². The molecule has 0 aliphatic rings. The Balaban J connectivity index is 3.24. The van der Waals surface area contributed by atoms with Crippen LogP contribution in [0.2, 0.25) is 0 Å². The first-order valence-corrected chi connectivity index (χ1v) is 7.49. The van der Waals surface area contributed by atoms with Crippen LogP contribution in [0.4, 0.5) is 0 Å². The highest BCUT2D eigenvalue weighted by molar-refractivity contribution is 9.10. The molecule has 108 valence electrons. The minimum absolute atomic E-state index is 0.198. The van der Waals surface area contributed by atoms with Crippen LogP contribution >= 0.6 is 15.9 Å². The molecule has 0 aromatic heterocycles. The van der Waals surface area contributed by atoms with Crippen LogP contribution in [0.25, 0.3) is 0 Å². The van der Waals surface area contributed by atoms with Crippen molar-refractivity contribution in [1.82, 2.24) is 4.90 Å². The Labute approximate surface area is 128 Å². The van der Waals surface area contributed by atoms with Crippen molar-refractivity contribution in [3.8, 4) is 0 Å². The molecule has 3 nitrogen and oxygen atoms in total. The number of halogens is 1. The van der Waals surface area contributed by atoms with E-state index in [0.29, 0.717) is 23.1 Å². The normalized spacial score (nSPS) is 10.1. The van der Waals surface area contributed by atoms with Gasteiger partial charge in [-0.1, -0.05) is 33.6 Å². The van der Waals surface area contributed by atoms with Gasteiger partial charge in [0, 0.05) is 23.1 Å². The maximum Gasteiger partial charge on any atom is 0.257 e. The minimum atomic E-state index is -0.227. The number of benzene rings is 1. The number of hydrogen-bond acceptors (Lipinski definition) is 2. The molecule has 0 aliphatic carbocycles. The summed E-state index contributed by atoms with van der Waals surface area (Å²) in [5.74, 6) is -0.426. The lowest BCUT2D eigenvalue weighted by atomic mass is 9.98. The first-order valence-electron chi connectivity index (χ1n) is 6.69. The molecule has 0 atom stereocenters. The maximum atomic E-state index is 12.6. The van der Waals surface area contributed by atoms with Gasteiger partial charge in [-0.05, 0) is 39.8 Å². The molecular weight excluding hydrogens is 318 g/mol. The third-order valence-electron chi connectivity index (χ3n) is 3.11. The fourth-order valence-corrected chi connectivity index (χ4v) is 2.45. The molecule has 0 spiro atoms. The van der Waals surface area contributed by atoms with E-state index >= 15 is 0 Å². The Morgan fingerprint density at radius 3 is 2.10 bits per heavy atom. The van der Waals surface area contributed by atoms with E-state index in [2.05, 4.69) is 15.9 Å². The first-order chi connectivity index (χ1) is 9.43. The quantitative estimate of drug-likeness (QED) is 0.354. The van der Waals surface area contributed by atoms with E-state index in [1.165, 1.54) is 0 Å². The van der Waals surface area contributed by atoms with Gasteiger partial charge in [-0.3, -0.25) is 9.59 Å². The molecule has 0 saturated heterocycles. The van der Waals surface area contributed by atoms with Crippen molar-refractivity contribution >= 4 is 27.6 Å². The van der Waals surface area contributed by atoms with Crippen molar-refractivity contribution in [3.63, 3.8) is 0 Å². The van der Waals surface area contributed by atoms with Gasteiger partial charge in [0.2, 0.25) is 0 Å². The number of allylic oxidation sites excluding steroid dienone is 1. The van der Waals surface area contributed by atoms with E-state index in [1.54, 1.807) is 36.9 Å². The summed E-state index contributed by atoms with van der Waals surface area (Å²) >= 11 is 3.37. The molecule has 0 heterocycles. The van der Waals surface area contributed by atoms with Crippen LogP contribution in [-0.2, 0) is 4.79 Å². The van der Waals surface area contributed by atoms with Crippen LogP contribution in [-0.4, -0.2) is 29.7 Å². The van der Waals surface area contributed by atoms with Gasteiger partial charge < -0.3 is 4.90 Å². The second-order valence-corrected chi connectivity index (χ2v) is 5.52. The van der Waals surface area contributed by atoms with Gasteiger partial charge in [0.15, 0.2) is 5.78 Å². The molecule has 0 fully saturated rings. The van der Waals surface area contributed by atoms with Gasteiger partial charge >= 0.3 is 0 Å². The van der Waals surface area contributed by atoms with Gasteiger partial charge in [0.25, 0.3) is 5.91 Å². The Hall–Kier alpha value is -1.42. The van der Waals surface area contributed by atoms with E-state index in [-0.39, 0.29) is 17.3 Å². The predicted molar refractivity (Wildman–Crippen MR) is 84.8 cm³/mol. The van der Waals surface area contributed by atoms with Gasteiger partial charge in [-0.15, -0.1) is 0 Å². The Kier molecular flexibility index (Phi) is 6.14. The molecule has 4 heteroatoms. The van der Waals surface area contributed by atoms with Crippen LogP contribution in [0.1, 0.15) is 38.1 Å². The Morgan fingerprint density at radius 1 is 1.10 bits per heavy atom. The average molecular weight is 338 g/mol. The van der Waals surface area contributed by atoms with E-state index < -0.39 is 0 Å². The van der Waals surface area contributed by atoms with Crippen LogP contribution < -0.4 is 0 Å². The highest BCUT2D eigenvalue weighted by Gasteiger charge is 2.25. The first kappa shape index (κ1) is 16.6. The lowest BCUT2D eigenvalue weighted by molar-refractivity contribution is -0.126. The van der Waals surface area contributed by atoms with E-state index in [1.807, 2.05) is 19.9 Å². The van der Waals surface area contributed by atoms with Crippen LogP contribution in [0.15, 0.2) is 39.9 Å². The van der Waals surface area contributed by atoms with Gasteiger partial charge in [-0.25, -0.2) is 0 Å². The summed E-state index contributed by atoms with van der Waals surface area (Å²) in [4.78, 5) is 26.8. The fourth-order valence-electron chi connectivity index (χ4n) is 1.99. The van der Waals surface area contributed by atoms with Crippen LogP contribution in [0.5, 0.6) is 0 Å². The number of rotatable bonds is 5. The highest BCUT2D eigenvalue weighted by Crippen LogP contribution is 2.22. The molecule has 20 heavy (non-hydrogen) atoms. The molecule has 0 N–H and O–H groups in total. The van der Waals surface area contributed by atoms with Gasteiger partial charge in [0.1, 0.15) is 0 Å². The zero-order chi connectivity index (χ0) is 15.3. The summed E-state index contributed by atoms with van der Waals surface area (Å²) in [7, 11) is 0. The monoisotopic (exact) mass is 337 g/mol. The summed E-state index contributed by atoms with van der Waals surface area (Å²) in [6, 6.07) is 7.17. The molecule has 1 aromatic rings. The topological polar surface area (TPSA) is 37.4 Å². The molecule has 0 bridgehead atoms. The third-order valence-corrected chi connectivity index (χ3v) is 3.80. The van der Waals surface area contributed by atoms with E-state index in [0.717, 1.165) is 5.57 Å². The number of amides is 1. The molecule has 0 aliphatic heterocycles. The fraction of sp³-hybridized carbons (Fsp3) is 0.375. The van der Waals surface area contributed by atoms with Crippen molar-refractivity contribution < 1.29 is 9.59 Å². The lowest BCUT2D eigenvalue weighted by Gasteiger charge is -2.21. The number of hydrogen-bond donors (Lipinski definition) is 0. The summed E-state index contributed by atoms with van der Waals surface area (Å²) < 4.78 is 0.705. The van der Waals surface area contributed by atoms with Crippen molar-refractivity contribution in [2.75, 3.05) is 13.1 Å². The number of likely N-dealkylation sites (N-methyl/N-ethyl adjacent to an activating group) is 1. The molecule has 1 aromatic carbocycles. The van der Waals surface area contributed by atoms with Crippen molar-refractivity contribution in [2.24, 2.45) is 0 Å². The highest BCUT2D eigenvalue weighted by atomic mass is 79.9. The van der Waals surface area contributed by atoms with Crippen molar-refractivity contribution in [2.45, 2.75) is 27.7 Å². The Bertz CT molecular complexity index is 541. The summed E-state index contributed by atoms with van der Waals surface area (Å²) in [6.45, 7) is 8.60. The number of nitrogens with zero attached hydrogens (tertiary/aromatic N) is 1. The van der Waals surface area contributed by atoms with Crippen LogP contribution in [0, 0.1) is 0 Å². The number of Topliss-reactive ketones (excluding diaryl/α,β-unsaturated/α-hetero) is 1. The van der Waals surface area contributed by atoms with Crippen molar-refractivity contribution in [3.05, 3.63) is 45.4 Å². The third kappa shape index (κ3) is 3.57. The number of carbonyl (C=O) groups is 2. The van der Waals surface area contributed by atoms with Gasteiger partial charge in [-0.2, -0.15) is 0 Å². The summed E-state index contributed by atoms with van der Waals surface area (Å²) in [5.41, 5.74) is 1.52. The van der Waals surface area contributed by atoms with Gasteiger partial charge in [0.05, 0.1) is 5.57 Å². The molecule has 1 rings (SSSR count). The predicted octanol–water partition coefficient (Wildman–Crippen LogP) is 3.84. The number of carbonyl (C=O) groups excluding carboxylic acids is 2. The minimum Gasteiger partial charge on any atom is -0.339 e. The SMILES string of the molecule is CCN(CC)C(=O)C(C(=O)c1ccccc1Br)=C(C)C. The maximum absolute atomic E-state index is 12.6. The molecule has 0 saturated carbocycles. The average Bonchev–Trinajstić information content (AvgIpc) is 2.40. The number of ketones is 1. The molecule has 0 unspecified atom stereocenters. The Morgan fingerprint density at radius 2 is 1.65 bits per heavy atom. The second kappa shape index (κ2) is 7.39. The summed E-state index contributed by atoms with van der Waals surface area (Å²) in [6.07, 6.45) is 0. The zero-order valence-electron chi connectivity index (χ0n) is 12.4. The second-order valence-electron chi connectivity index (χ2n) is 4.66. The lowest BCUT2D eigenvalue weighted by Crippen LogP contribution is -2.34. The summed E-state index contributed by atoms with van der Waals surface area (Å²) in [5, 5.41) is 0. The molecular formula is C16H20BrNO2. The van der Waals surface area contributed by atoms with Crippen LogP contribution in [0.3, 0.4) is 0 Å². The molecule has 1 amide bonds. The largest absolute Gasteiger partial charge is 0.339 e. The smallest absolute Gasteiger partial charge is 0.257 e. The zero-order valence-corrected chi connectivity index (χ0v) is 14.0. The van der Waals surface area contributed by atoms with Crippen molar-refractivity contribution in [1.29, 1.82) is 0 Å².